The molecule has 0 amide bonds. The van der Waals surface area contributed by atoms with Crippen molar-refractivity contribution in [2.45, 2.75) is 31.7 Å². The van der Waals surface area contributed by atoms with Crippen molar-refractivity contribution < 1.29 is 5.11 Å². The first kappa shape index (κ1) is 13.1. The van der Waals surface area contributed by atoms with Crippen LogP contribution in [0.3, 0.4) is 0 Å². The van der Waals surface area contributed by atoms with Crippen molar-refractivity contribution >= 4 is 33.3 Å². The van der Waals surface area contributed by atoms with Gasteiger partial charge in [0.15, 0.2) is 0 Å². The van der Waals surface area contributed by atoms with E-state index in [1.54, 1.807) is 6.20 Å². The van der Waals surface area contributed by atoms with Crippen molar-refractivity contribution in [1.29, 1.82) is 0 Å². The van der Waals surface area contributed by atoms with E-state index in [-0.39, 0.29) is 11.9 Å². The number of rotatable bonds is 3. The van der Waals surface area contributed by atoms with Crippen LogP contribution in [0.5, 0.6) is 0 Å². The number of aliphatic hydroxyl groups excluding tert-OH is 1. The van der Waals surface area contributed by atoms with E-state index in [2.05, 4.69) is 30.8 Å². The van der Waals surface area contributed by atoms with Crippen molar-refractivity contribution in [1.82, 2.24) is 9.97 Å². The Bertz CT molecular complexity index is 389. The van der Waals surface area contributed by atoms with Gasteiger partial charge in [0.1, 0.15) is 5.82 Å². The molecule has 0 saturated carbocycles. The van der Waals surface area contributed by atoms with E-state index in [9.17, 15) is 0 Å². The highest BCUT2D eigenvalue weighted by Crippen LogP contribution is 2.30. The summed E-state index contributed by atoms with van der Waals surface area (Å²) in [5.74, 6) is 0.836. The second-order valence-corrected chi connectivity index (χ2v) is 5.36. The first-order valence-electron chi connectivity index (χ1n) is 5.78. The molecule has 0 radical (unpaired) electrons. The van der Waals surface area contributed by atoms with Gasteiger partial charge in [0.2, 0.25) is 5.28 Å². The minimum atomic E-state index is 0.206. The number of halogens is 2. The van der Waals surface area contributed by atoms with Crippen LogP contribution in [0.4, 0.5) is 5.82 Å². The SMILES string of the molecule is OCCC1CCCCN1c1nc(Cl)ncc1Br. The zero-order valence-electron chi connectivity index (χ0n) is 9.44. The third-order valence-corrected chi connectivity index (χ3v) is 3.80. The smallest absolute Gasteiger partial charge is 0.224 e. The van der Waals surface area contributed by atoms with Crippen LogP contribution in [-0.2, 0) is 0 Å². The summed E-state index contributed by atoms with van der Waals surface area (Å²) < 4.78 is 0.853. The van der Waals surface area contributed by atoms with Crippen LogP contribution >= 0.6 is 27.5 Å². The minimum absolute atomic E-state index is 0.206. The van der Waals surface area contributed by atoms with Gasteiger partial charge in [-0.25, -0.2) is 4.98 Å². The Hall–Kier alpha value is -0.390. The number of piperidine rings is 1. The van der Waals surface area contributed by atoms with Gasteiger partial charge in [-0.2, -0.15) is 4.98 Å². The number of hydrogen-bond donors (Lipinski definition) is 1. The Balaban J connectivity index is 2.25. The minimum Gasteiger partial charge on any atom is -0.396 e. The molecule has 1 aliphatic rings. The predicted molar refractivity (Wildman–Crippen MR) is 71.4 cm³/mol. The van der Waals surface area contributed by atoms with Crippen LogP contribution < -0.4 is 4.90 Å². The van der Waals surface area contributed by atoms with E-state index in [1.807, 2.05) is 0 Å². The van der Waals surface area contributed by atoms with Gasteiger partial charge in [-0.1, -0.05) is 0 Å². The summed E-state index contributed by atoms with van der Waals surface area (Å²) in [6, 6.07) is 0.344. The highest BCUT2D eigenvalue weighted by atomic mass is 79.9. The predicted octanol–water partition coefficient (Wildman–Crippen LogP) is 2.63. The van der Waals surface area contributed by atoms with Crippen molar-refractivity contribution in [2.24, 2.45) is 0 Å². The van der Waals surface area contributed by atoms with Gasteiger partial charge in [0.05, 0.1) is 4.47 Å². The molecule has 1 aromatic heterocycles. The average molecular weight is 321 g/mol. The summed E-state index contributed by atoms with van der Waals surface area (Å²) in [7, 11) is 0. The van der Waals surface area contributed by atoms with Crippen molar-refractivity contribution in [3.63, 3.8) is 0 Å². The highest BCUT2D eigenvalue weighted by molar-refractivity contribution is 9.10. The molecule has 1 unspecified atom stereocenters. The molecule has 2 rings (SSSR count). The van der Waals surface area contributed by atoms with Crippen molar-refractivity contribution in [3.05, 3.63) is 16.0 Å². The van der Waals surface area contributed by atoms with Gasteiger partial charge in [-0.15, -0.1) is 0 Å². The van der Waals surface area contributed by atoms with E-state index in [0.717, 1.165) is 36.1 Å². The molecule has 1 atom stereocenters. The van der Waals surface area contributed by atoms with Crippen LogP contribution in [0.15, 0.2) is 10.7 Å². The molecule has 1 N–H and O–H groups in total. The van der Waals surface area contributed by atoms with Gasteiger partial charge in [0, 0.05) is 25.4 Å². The fourth-order valence-electron chi connectivity index (χ4n) is 2.27. The Morgan fingerprint density at radius 1 is 1.53 bits per heavy atom. The maximum atomic E-state index is 9.11. The van der Waals surface area contributed by atoms with Gasteiger partial charge in [-0.05, 0) is 53.2 Å². The monoisotopic (exact) mass is 319 g/mol. The molecule has 0 bridgehead atoms. The summed E-state index contributed by atoms with van der Waals surface area (Å²) in [5.41, 5.74) is 0. The van der Waals surface area contributed by atoms with Gasteiger partial charge >= 0.3 is 0 Å². The molecule has 0 aliphatic carbocycles. The second-order valence-electron chi connectivity index (χ2n) is 4.17. The van der Waals surface area contributed by atoms with Gasteiger partial charge in [-0.3, -0.25) is 0 Å². The summed E-state index contributed by atoms with van der Waals surface area (Å²) in [4.78, 5) is 10.4. The lowest BCUT2D eigenvalue weighted by molar-refractivity contribution is 0.262. The topological polar surface area (TPSA) is 49.2 Å². The largest absolute Gasteiger partial charge is 0.396 e. The van der Waals surface area contributed by atoms with Crippen LogP contribution in [0.1, 0.15) is 25.7 Å². The van der Waals surface area contributed by atoms with E-state index in [4.69, 9.17) is 16.7 Å². The van der Waals surface area contributed by atoms with E-state index in [1.165, 1.54) is 6.42 Å². The number of anilines is 1. The van der Waals surface area contributed by atoms with Gasteiger partial charge < -0.3 is 10.0 Å². The van der Waals surface area contributed by atoms with Crippen LogP contribution in [0.2, 0.25) is 5.28 Å². The Morgan fingerprint density at radius 2 is 2.35 bits per heavy atom. The highest BCUT2D eigenvalue weighted by Gasteiger charge is 2.25. The lowest BCUT2D eigenvalue weighted by Gasteiger charge is -2.36. The summed E-state index contributed by atoms with van der Waals surface area (Å²) in [5, 5.41) is 9.37. The lowest BCUT2D eigenvalue weighted by Crippen LogP contribution is -2.41. The molecular formula is C11H15BrClN3O. The molecule has 2 heterocycles. The molecular weight excluding hydrogens is 305 g/mol. The summed E-state index contributed by atoms with van der Waals surface area (Å²) in [6.45, 7) is 1.16. The molecule has 0 aromatic carbocycles. The molecule has 6 heteroatoms. The molecule has 1 aromatic rings. The molecule has 1 fully saturated rings. The van der Waals surface area contributed by atoms with E-state index >= 15 is 0 Å². The van der Waals surface area contributed by atoms with Crippen LogP contribution in [0.25, 0.3) is 0 Å². The number of nitrogens with zero attached hydrogens (tertiary/aromatic N) is 3. The molecule has 94 valence electrons. The molecule has 0 spiro atoms. The molecule has 17 heavy (non-hydrogen) atoms. The lowest BCUT2D eigenvalue weighted by atomic mass is 10.00. The second kappa shape index (κ2) is 5.98. The molecule has 1 aliphatic heterocycles. The fourth-order valence-corrected chi connectivity index (χ4v) is 2.81. The summed E-state index contributed by atoms with van der Waals surface area (Å²) >= 11 is 9.30. The Labute approximate surface area is 114 Å². The third-order valence-electron chi connectivity index (χ3n) is 3.06. The summed E-state index contributed by atoms with van der Waals surface area (Å²) in [6.07, 6.45) is 5.89. The third kappa shape index (κ3) is 3.09. The number of hydrogen-bond acceptors (Lipinski definition) is 4. The van der Waals surface area contributed by atoms with Crippen molar-refractivity contribution in [2.75, 3.05) is 18.1 Å². The van der Waals surface area contributed by atoms with Crippen LogP contribution in [0, 0.1) is 0 Å². The Morgan fingerprint density at radius 3 is 3.12 bits per heavy atom. The number of aromatic nitrogens is 2. The normalized spacial score (nSPS) is 20.6. The zero-order chi connectivity index (χ0) is 12.3. The fraction of sp³-hybridized carbons (Fsp3) is 0.636. The maximum absolute atomic E-state index is 9.11. The van der Waals surface area contributed by atoms with E-state index < -0.39 is 0 Å². The standard InChI is InChI=1S/C11H15BrClN3O/c12-9-7-14-11(13)15-10(9)16-5-2-1-3-8(16)4-6-17/h7-8,17H,1-6H2. The molecule has 4 nitrogen and oxygen atoms in total. The average Bonchev–Trinajstić information content (AvgIpc) is 2.34. The maximum Gasteiger partial charge on any atom is 0.224 e. The molecule has 1 saturated heterocycles. The zero-order valence-corrected chi connectivity index (χ0v) is 11.8. The first-order chi connectivity index (χ1) is 8.22. The Kier molecular flexibility index (Phi) is 4.59. The van der Waals surface area contributed by atoms with E-state index in [0.29, 0.717) is 6.04 Å². The van der Waals surface area contributed by atoms with Crippen LogP contribution in [-0.4, -0.2) is 34.3 Å². The van der Waals surface area contributed by atoms with Crippen molar-refractivity contribution in [3.8, 4) is 0 Å². The quantitative estimate of drug-likeness (QED) is 0.870. The number of aliphatic hydroxyl groups is 1. The first-order valence-corrected chi connectivity index (χ1v) is 6.95. The van der Waals surface area contributed by atoms with Gasteiger partial charge in [0.25, 0.3) is 0 Å².